The van der Waals surface area contributed by atoms with Crippen LogP contribution in [0.15, 0.2) is 12.1 Å². The number of nitrogens with two attached hydrogens (primary N) is 1. The molecule has 0 radical (unpaired) electrons. The first kappa shape index (κ1) is 5.10. The van der Waals surface area contributed by atoms with Gasteiger partial charge >= 0.3 is 0 Å². The highest BCUT2D eigenvalue weighted by Crippen LogP contribution is 2.33. The van der Waals surface area contributed by atoms with Crippen LogP contribution in [-0.4, -0.2) is 5.11 Å². The molecule has 0 fully saturated rings. The van der Waals surface area contributed by atoms with Crippen LogP contribution in [0.4, 0.5) is 5.69 Å². The summed E-state index contributed by atoms with van der Waals surface area (Å²) >= 11 is 10.9. The summed E-state index contributed by atoms with van der Waals surface area (Å²) in [5, 5.41) is 8.68. The number of halogens is 2. The van der Waals surface area contributed by atoms with Crippen LogP contribution in [0.25, 0.3) is 0 Å². The zero-order chi connectivity index (χ0) is 9.46. The first-order valence-electron chi connectivity index (χ1n) is 3.39. The number of anilines is 1. The van der Waals surface area contributed by atoms with E-state index >= 15 is 0 Å². The van der Waals surface area contributed by atoms with Gasteiger partial charge in [-0.1, -0.05) is 23.2 Å². The maximum atomic E-state index is 9.13. The van der Waals surface area contributed by atoms with E-state index in [0.717, 1.165) is 0 Å². The molecule has 1 aromatic carbocycles. The number of hydrogen-bond donors (Lipinski definition) is 2. The molecular formula is C6H5Cl2NO. The van der Waals surface area contributed by atoms with Crippen LogP contribution in [0.5, 0.6) is 5.75 Å². The third-order valence-electron chi connectivity index (χ3n) is 0.905. The summed E-state index contributed by atoms with van der Waals surface area (Å²) in [6, 6.07) is -0.549. The van der Waals surface area contributed by atoms with Gasteiger partial charge in [0.05, 0.1) is 12.8 Å². The zero-order valence-corrected chi connectivity index (χ0v) is 6.29. The lowest BCUT2D eigenvalue weighted by atomic mass is 10.3. The molecule has 0 atom stereocenters. The van der Waals surface area contributed by atoms with Gasteiger partial charge in [0.15, 0.2) is 5.75 Å². The molecule has 3 N–H and O–H groups in total. The highest BCUT2D eigenvalue weighted by atomic mass is 35.5. The van der Waals surface area contributed by atoms with E-state index < -0.39 is 5.75 Å². The van der Waals surface area contributed by atoms with Crippen LogP contribution in [-0.2, 0) is 0 Å². The van der Waals surface area contributed by atoms with Crippen LogP contribution in [0.3, 0.4) is 0 Å². The molecule has 10 heavy (non-hydrogen) atoms. The van der Waals surface area contributed by atoms with E-state index in [9.17, 15) is 0 Å². The molecule has 54 valence electrons. The molecule has 0 aromatic heterocycles. The average molecular weight is 180 g/mol. The number of benzene rings is 1. The molecule has 0 saturated carbocycles. The molecule has 0 spiro atoms. The van der Waals surface area contributed by atoms with Gasteiger partial charge in [0.1, 0.15) is 0 Å². The smallest absolute Gasteiger partial charge is 0.152 e. The molecule has 2 nitrogen and oxygen atoms in total. The molecule has 0 bridgehead atoms. The summed E-state index contributed by atoms with van der Waals surface area (Å²) in [6.45, 7) is 0. The normalized spacial score (nSPS) is 12.6. The minimum Gasteiger partial charge on any atom is -0.505 e. The van der Waals surface area contributed by atoms with E-state index in [1.165, 1.54) is 0 Å². The van der Waals surface area contributed by atoms with E-state index in [1.54, 1.807) is 0 Å². The third-order valence-corrected chi connectivity index (χ3v) is 1.45. The molecular weight excluding hydrogens is 173 g/mol. The van der Waals surface area contributed by atoms with Gasteiger partial charge in [-0.3, -0.25) is 0 Å². The summed E-state index contributed by atoms with van der Waals surface area (Å²) in [4.78, 5) is 0. The quantitative estimate of drug-likeness (QED) is 0.475. The predicted molar refractivity (Wildman–Crippen MR) is 42.5 cm³/mol. The van der Waals surface area contributed by atoms with Crippen molar-refractivity contribution in [2.24, 2.45) is 0 Å². The Hall–Kier alpha value is -0.600. The van der Waals surface area contributed by atoms with Crippen molar-refractivity contribution in [1.82, 2.24) is 0 Å². The second-order valence-electron chi connectivity index (χ2n) is 1.64. The zero-order valence-electron chi connectivity index (χ0n) is 6.78. The van der Waals surface area contributed by atoms with Gasteiger partial charge in [0.25, 0.3) is 0 Å². The standard InChI is InChI=1S/C6H5Cl2NO/c7-4-1-3(9)2-5(8)6(4)10/h1-2,10H,9H2/i1D,2D. The fourth-order valence-corrected chi connectivity index (χ4v) is 0.923. The van der Waals surface area contributed by atoms with E-state index in [0.29, 0.717) is 0 Å². The summed E-state index contributed by atoms with van der Waals surface area (Å²) in [7, 11) is 0. The summed E-state index contributed by atoms with van der Waals surface area (Å²) in [5.41, 5.74) is 5.16. The number of hydrogen-bond acceptors (Lipinski definition) is 2. The summed E-state index contributed by atoms with van der Waals surface area (Å²) in [6.07, 6.45) is 0. The lowest BCUT2D eigenvalue weighted by Gasteiger charge is -1.99. The first-order chi connectivity index (χ1) is 5.46. The van der Waals surface area contributed by atoms with Crippen molar-refractivity contribution in [3.63, 3.8) is 0 Å². The summed E-state index contributed by atoms with van der Waals surface area (Å²) in [5.74, 6) is -0.470. The van der Waals surface area contributed by atoms with Crippen molar-refractivity contribution in [1.29, 1.82) is 0 Å². The van der Waals surface area contributed by atoms with Crippen molar-refractivity contribution in [3.8, 4) is 5.75 Å². The minimum atomic E-state index is -0.470. The highest BCUT2D eigenvalue weighted by Gasteiger charge is 2.03. The second kappa shape index (κ2) is 2.56. The predicted octanol–water partition coefficient (Wildman–Crippen LogP) is 2.28. The van der Waals surface area contributed by atoms with E-state index in [4.69, 9.17) is 36.8 Å². The topological polar surface area (TPSA) is 46.2 Å². The molecule has 1 rings (SSSR count). The molecule has 0 aliphatic rings. The molecule has 0 saturated heterocycles. The Kier molecular flexibility index (Phi) is 1.31. The Labute approximate surface area is 71.0 Å². The maximum absolute atomic E-state index is 9.13. The monoisotopic (exact) mass is 179 g/mol. The van der Waals surface area contributed by atoms with Crippen molar-refractivity contribution in [2.45, 2.75) is 0 Å². The third kappa shape index (κ3) is 1.28. The van der Waals surface area contributed by atoms with Gasteiger partial charge in [-0.15, -0.1) is 0 Å². The average Bonchev–Trinajstić information content (AvgIpc) is 2.08. The number of phenolic OH excluding ortho intramolecular Hbond substituents is 1. The van der Waals surface area contributed by atoms with Gasteiger partial charge < -0.3 is 10.8 Å². The molecule has 4 heteroatoms. The van der Waals surface area contributed by atoms with Crippen LogP contribution < -0.4 is 5.73 Å². The van der Waals surface area contributed by atoms with Crippen molar-refractivity contribution in [2.75, 3.05) is 5.73 Å². The molecule has 0 amide bonds. The van der Waals surface area contributed by atoms with Crippen LogP contribution in [0.2, 0.25) is 10.0 Å². The van der Waals surface area contributed by atoms with Crippen LogP contribution >= 0.6 is 23.2 Å². The van der Waals surface area contributed by atoms with Gasteiger partial charge in [-0.25, -0.2) is 0 Å². The van der Waals surface area contributed by atoms with Crippen molar-refractivity contribution < 1.29 is 7.85 Å². The Morgan fingerprint density at radius 1 is 1.40 bits per heavy atom. The van der Waals surface area contributed by atoms with Gasteiger partial charge in [-0.2, -0.15) is 0 Å². The van der Waals surface area contributed by atoms with E-state index in [1.807, 2.05) is 0 Å². The lowest BCUT2D eigenvalue weighted by molar-refractivity contribution is 0.476. The minimum absolute atomic E-state index is 0.136. The van der Waals surface area contributed by atoms with Crippen LogP contribution in [0.1, 0.15) is 2.74 Å². The molecule has 0 unspecified atom stereocenters. The fourth-order valence-electron chi connectivity index (χ4n) is 0.482. The van der Waals surface area contributed by atoms with Crippen molar-refractivity contribution in [3.05, 3.63) is 22.1 Å². The largest absolute Gasteiger partial charge is 0.505 e. The number of rotatable bonds is 0. The SMILES string of the molecule is [2H]c1c(N)c([2H])c(Cl)c(O)c1Cl. The van der Waals surface area contributed by atoms with E-state index in [-0.39, 0.29) is 27.8 Å². The fraction of sp³-hybridized carbons (Fsp3) is 0. The molecule has 0 heterocycles. The lowest BCUT2D eigenvalue weighted by Crippen LogP contribution is -1.83. The molecule has 0 aliphatic heterocycles. The number of aromatic hydroxyl groups is 1. The second-order valence-corrected chi connectivity index (χ2v) is 2.40. The van der Waals surface area contributed by atoms with Gasteiger partial charge in [0, 0.05) is 5.69 Å². The summed E-state index contributed by atoms with van der Waals surface area (Å²) < 4.78 is 14.5. The number of phenols is 1. The Morgan fingerprint density at radius 3 is 2.20 bits per heavy atom. The Morgan fingerprint density at radius 2 is 1.80 bits per heavy atom. The number of nitrogen functional groups attached to an aromatic ring is 1. The Balaban J connectivity index is 3.60. The Bertz CT molecular complexity index is 238. The maximum Gasteiger partial charge on any atom is 0.152 e. The van der Waals surface area contributed by atoms with Gasteiger partial charge in [0.2, 0.25) is 0 Å². The van der Waals surface area contributed by atoms with Crippen LogP contribution in [0, 0.1) is 0 Å². The first-order valence-corrected chi connectivity index (χ1v) is 3.15. The van der Waals surface area contributed by atoms with Crippen molar-refractivity contribution >= 4 is 28.9 Å². The molecule has 0 aliphatic carbocycles. The van der Waals surface area contributed by atoms with Gasteiger partial charge in [-0.05, 0) is 12.1 Å². The highest BCUT2D eigenvalue weighted by molar-refractivity contribution is 6.37. The van der Waals surface area contributed by atoms with E-state index in [2.05, 4.69) is 0 Å². The molecule has 1 aromatic rings.